The molecule has 0 fully saturated rings. The van der Waals surface area contributed by atoms with Gasteiger partial charge in [0, 0.05) is 11.5 Å². The number of hydrogen-bond donors (Lipinski definition) is 0. The second-order valence-electron chi connectivity index (χ2n) is 2.98. The van der Waals surface area contributed by atoms with Crippen LogP contribution < -0.4 is 0 Å². The van der Waals surface area contributed by atoms with Crippen LogP contribution in [0.2, 0.25) is 5.02 Å². The number of aromatic nitrogens is 2. The van der Waals surface area contributed by atoms with Crippen molar-refractivity contribution in [2.45, 2.75) is 5.33 Å². The van der Waals surface area contributed by atoms with E-state index in [1.54, 1.807) is 6.33 Å². The first kappa shape index (κ1) is 11.2. The number of imidazole rings is 1. The lowest BCUT2D eigenvalue weighted by molar-refractivity contribution is 1.05. The van der Waals surface area contributed by atoms with Gasteiger partial charge in [0.1, 0.15) is 0 Å². The maximum atomic E-state index is 6.01. The van der Waals surface area contributed by atoms with Gasteiger partial charge in [0.05, 0.1) is 27.2 Å². The summed E-state index contributed by atoms with van der Waals surface area (Å²) < 4.78 is 2.82. The van der Waals surface area contributed by atoms with Crippen LogP contribution >= 0.6 is 43.5 Å². The summed E-state index contributed by atoms with van der Waals surface area (Å²) in [6, 6.07) is 5.74. The Morgan fingerprint density at radius 3 is 2.87 bits per heavy atom. The van der Waals surface area contributed by atoms with Gasteiger partial charge in [-0.3, -0.25) is 0 Å². The largest absolute Gasteiger partial charge is 0.305 e. The van der Waals surface area contributed by atoms with Gasteiger partial charge in [0.2, 0.25) is 0 Å². The van der Waals surface area contributed by atoms with Gasteiger partial charge >= 0.3 is 0 Å². The first-order valence-corrected chi connectivity index (χ1v) is 6.55. The zero-order valence-corrected chi connectivity index (χ0v) is 11.6. The fourth-order valence-corrected chi connectivity index (χ4v) is 2.18. The summed E-state index contributed by atoms with van der Waals surface area (Å²) in [6.07, 6.45) is 3.73. The fraction of sp³-hybridized carbons (Fsp3) is 0.100. The molecule has 2 rings (SSSR count). The molecule has 2 nitrogen and oxygen atoms in total. The Morgan fingerprint density at radius 2 is 2.20 bits per heavy atom. The van der Waals surface area contributed by atoms with Gasteiger partial charge in [0.25, 0.3) is 0 Å². The summed E-state index contributed by atoms with van der Waals surface area (Å²) in [4.78, 5) is 4.23. The van der Waals surface area contributed by atoms with Crippen molar-refractivity contribution in [2.75, 3.05) is 0 Å². The van der Waals surface area contributed by atoms with Crippen LogP contribution in [0, 0.1) is 0 Å². The van der Waals surface area contributed by atoms with Crippen molar-refractivity contribution in [3.8, 4) is 5.69 Å². The Balaban J connectivity index is 2.49. The van der Waals surface area contributed by atoms with Crippen LogP contribution in [0.4, 0.5) is 0 Å². The lowest BCUT2D eigenvalue weighted by atomic mass is 10.3. The maximum absolute atomic E-state index is 6.01. The predicted molar refractivity (Wildman–Crippen MR) is 68.9 cm³/mol. The number of hydrogen-bond acceptors (Lipinski definition) is 1. The first-order chi connectivity index (χ1) is 7.22. The van der Waals surface area contributed by atoms with Gasteiger partial charge in [-0.2, -0.15) is 0 Å². The fourth-order valence-electron chi connectivity index (χ4n) is 1.26. The lowest BCUT2D eigenvalue weighted by Crippen LogP contribution is -1.91. The van der Waals surface area contributed by atoms with Crippen LogP contribution in [0.5, 0.6) is 0 Å². The zero-order valence-electron chi connectivity index (χ0n) is 7.62. The Bertz CT molecular complexity index is 482. The van der Waals surface area contributed by atoms with E-state index in [2.05, 4.69) is 36.8 Å². The van der Waals surface area contributed by atoms with Crippen LogP contribution in [0.15, 0.2) is 35.2 Å². The van der Waals surface area contributed by atoms with Crippen molar-refractivity contribution >= 4 is 43.5 Å². The molecule has 0 saturated heterocycles. The van der Waals surface area contributed by atoms with Crippen molar-refractivity contribution in [3.63, 3.8) is 0 Å². The summed E-state index contributed by atoms with van der Waals surface area (Å²) in [5.41, 5.74) is 1.98. The summed E-state index contributed by atoms with van der Waals surface area (Å²) in [5.74, 6) is 0. The molecule has 0 aliphatic rings. The topological polar surface area (TPSA) is 17.8 Å². The quantitative estimate of drug-likeness (QED) is 0.743. The monoisotopic (exact) mass is 348 g/mol. The molecule has 15 heavy (non-hydrogen) atoms. The highest BCUT2D eigenvalue weighted by molar-refractivity contribution is 9.10. The van der Waals surface area contributed by atoms with E-state index >= 15 is 0 Å². The third kappa shape index (κ3) is 2.27. The van der Waals surface area contributed by atoms with Crippen molar-refractivity contribution < 1.29 is 0 Å². The number of alkyl halides is 1. The van der Waals surface area contributed by atoms with Crippen molar-refractivity contribution in [1.29, 1.82) is 0 Å². The molecule has 1 heterocycles. The summed E-state index contributed by atoms with van der Waals surface area (Å²) in [5, 5.41) is 1.44. The van der Waals surface area contributed by atoms with E-state index < -0.39 is 0 Å². The molecular formula is C10H7Br2ClN2. The number of nitrogens with zero attached hydrogens (tertiary/aromatic N) is 2. The van der Waals surface area contributed by atoms with Gasteiger partial charge in [0.15, 0.2) is 0 Å². The molecule has 0 N–H and O–H groups in total. The minimum absolute atomic E-state index is 0.696. The Kier molecular flexibility index (Phi) is 3.49. The zero-order chi connectivity index (χ0) is 10.8. The van der Waals surface area contributed by atoms with Crippen LogP contribution in [0.3, 0.4) is 0 Å². The highest BCUT2D eigenvalue weighted by atomic mass is 79.9. The predicted octanol–water partition coefficient (Wildman–Crippen LogP) is 4.18. The van der Waals surface area contributed by atoms with E-state index in [0.29, 0.717) is 5.02 Å². The van der Waals surface area contributed by atoms with E-state index in [-0.39, 0.29) is 0 Å². The van der Waals surface area contributed by atoms with Crippen LogP contribution in [0.25, 0.3) is 5.69 Å². The maximum Gasteiger partial charge on any atom is 0.0995 e. The second-order valence-corrected chi connectivity index (χ2v) is 4.74. The molecule has 0 radical (unpaired) electrons. The molecule has 5 heteroatoms. The van der Waals surface area contributed by atoms with E-state index in [0.717, 1.165) is 21.2 Å². The third-order valence-corrected chi connectivity index (χ3v) is 3.93. The van der Waals surface area contributed by atoms with Crippen LogP contribution in [0.1, 0.15) is 5.69 Å². The molecule has 0 spiro atoms. The molecule has 0 bridgehead atoms. The molecule has 2 aromatic rings. The summed E-state index contributed by atoms with van der Waals surface area (Å²) in [7, 11) is 0. The van der Waals surface area contributed by atoms with Crippen molar-refractivity contribution in [1.82, 2.24) is 9.55 Å². The lowest BCUT2D eigenvalue weighted by Gasteiger charge is -2.05. The number of benzene rings is 1. The molecule has 0 amide bonds. The molecule has 0 aliphatic heterocycles. The Labute approximate surface area is 110 Å². The van der Waals surface area contributed by atoms with E-state index in [9.17, 15) is 0 Å². The van der Waals surface area contributed by atoms with Gasteiger partial charge in [-0.05, 0) is 28.1 Å². The summed E-state index contributed by atoms with van der Waals surface area (Å²) in [6.45, 7) is 0. The van der Waals surface area contributed by atoms with E-state index in [1.165, 1.54) is 0 Å². The Morgan fingerprint density at radius 1 is 1.40 bits per heavy atom. The normalized spacial score (nSPS) is 10.6. The standard InChI is InChI=1S/C10H7Br2ClN2/c11-4-7-5-15(6-14-7)9-3-1-2-8(13)10(9)12/h1-3,5-6H,4H2. The van der Waals surface area contributed by atoms with Crippen LogP contribution in [-0.4, -0.2) is 9.55 Å². The highest BCUT2D eigenvalue weighted by Gasteiger charge is 2.06. The van der Waals surface area contributed by atoms with Gasteiger partial charge in [-0.15, -0.1) is 0 Å². The average Bonchev–Trinajstić information content (AvgIpc) is 2.70. The molecule has 0 saturated carbocycles. The highest BCUT2D eigenvalue weighted by Crippen LogP contribution is 2.28. The van der Waals surface area contributed by atoms with Gasteiger partial charge in [-0.1, -0.05) is 33.6 Å². The molecule has 0 aliphatic carbocycles. The third-order valence-electron chi connectivity index (χ3n) is 1.98. The van der Waals surface area contributed by atoms with Gasteiger partial charge in [-0.25, -0.2) is 4.98 Å². The molecule has 0 unspecified atom stereocenters. The molecule has 0 atom stereocenters. The minimum Gasteiger partial charge on any atom is -0.305 e. The van der Waals surface area contributed by atoms with Crippen LogP contribution in [-0.2, 0) is 5.33 Å². The molecule has 1 aromatic heterocycles. The molecular weight excluding hydrogens is 343 g/mol. The number of halogens is 3. The van der Waals surface area contributed by atoms with Crippen molar-refractivity contribution in [3.05, 3.63) is 45.9 Å². The summed E-state index contributed by atoms with van der Waals surface area (Å²) >= 11 is 12.8. The second kappa shape index (κ2) is 4.68. The SMILES string of the molecule is Clc1cccc(-n2cnc(CBr)c2)c1Br. The average molecular weight is 350 g/mol. The smallest absolute Gasteiger partial charge is 0.0995 e. The van der Waals surface area contributed by atoms with E-state index in [1.807, 2.05) is 29.0 Å². The molecule has 78 valence electrons. The molecule has 1 aromatic carbocycles. The van der Waals surface area contributed by atoms with E-state index in [4.69, 9.17) is 11.6 Å². The first-order valence-electron chi connectivity index (χ1n) is 4.25. The van der Waals surface area contributed by atoms with Crippen molar-refractivity contribution in [2.24, 2.45) is 0 Å². The Hall–Kier alpha value is -0.320. The number of rotatable bonds is 2. The minimum atomic E-state index is 0.696. The van der Waals surface area contributed by atoms with Gasteiger partial charge < -0.3 is 4.57 Å².